The van der Waals surface area contributed by atoms with Gasteiger partial charge in [0.15, 0.2) is 0 Å². The number of thiophene rings is 1. The molecule has 7 heteroatoms. The van der Waals surface area contributed by atoms with Gasteiger partial charge in [-0.3, -0.25) is 14.5 Å². The summed E-state index contributed by atoms with van der Waals surface area (Å²) >= 11 is 1.51. The number of anilines is 1. The van der Waals surface area contributed by atoms with E-state index in [-0.39, 0.29) is 11.9 Å². The average Bonchev–Trinajstić information content (AvgIpc) is 3.31. The van der Waals surface area contributed by atoms with E-state index in [4.69, 9.17) is 5.73 Å². The van der Waals surface area contributed by atoms with E-state index in [0.717, 1.165) is 44.2 Å². The van der Waals surface area contributed by atoms with Crippen molar-refractivity contribution in [2.75, 3.05) is 18.4 Å². The molecule has 0 aromatic carbocycles. The third-order valence-electron chi connectivity index (χ3n) is 5.46. The molecule has 0 bridgehead atoms. The lowest BCUT2D eigenvalue weighted by molar-refractivity contribution is -0.117. The van der Waals surface area contributed by atoms with E-state index in [1.807, 2.05) is 19.3 Å². The van der Waals surface area contributed by atoms with Crippen molar-refractivity contribution >= 4 is 28.2 Å². The summed E-state index contributed by atoms with van der Waals surface area (Å²) in [4.78, 5) is 28.0. The van der Waals surface area contributed by atoms with Gasteiger partial charge in [0.1, 0.15) is 5.00 Å². The van der Waals surface area contributed by atoms with Crippen LogP contribution in [0.25, 0.3) is 0 Å². The van der Waals surface area contributed by atoms with E-state index in [0.29, 0.717) is 17.1 Å². The molecule has 1 saturated heterocycles. The summed E-state index contributed by atoms with van der Waals surface area (Å²) in [5.41, 5.74) is 8.38. The summed E-state index contributed by atoms with van der Waals surface area (Å²) in [5.74, 6) is -0.518. The zero-order valence-electron chi connectivity index (χ0n) is 15.0. The molecule has 0 radical (unpaired) electrons. The smallest absolute Gasteiger partial charge is 0.251 e. The maximum atomic E-state index is 12.7. The molecule has 1 unspecified atom stereocenters. The highest BCUT2D eigenvalue weighted by atomic mass is 32.1. The van der Waals surface area contributed by atoms with Crippen LogP contribution >= 0.6 is 11.3 Å². The SMILES string of the molecule is Cn1cccc1C1CCCN1CC(=O)Nc1sc2c(c1C(N)=O)CCC2. The Bertz CT molecular complexity index is 854. The van der Waals surface area contributed by atoms with Gasteiger partial charge in [0.05, 0.1) is 18.2 Å². The molecule has 138 valence electrons. The van der Waals surface area contributed by atoms with Gasteiger partial charge in [-0.1, -0.05) is 0 Å². The van der Waals surface area contributed by atoms with Crippen LogP contribution in [0.15, 0.2) is 18.3 Å². The van der Waals surface area contributed by atoms with Crippen molar-refractivity contribution in [3.8, 4) is 0 Å². The third kappa shape index (κ3) is 3.05. The molecule has 3 heterocycles. The second-order valence-electron chi connectivity index (χ2n) is 7.15. The molecule has 1 aliphatic heterocycles. The molecule has 2 aromatic heterocycles. The van der Waals surface area contributed by atoms with Gasteiger partial charge in [-0.05, 0) is 56.3 Å². The number of fused-ring (bicyclic) bond motifs is 1. The monoisotopic (exact) mass is 372 g/mol. The van der Waals surface area contributed by atoms with Crippen LogP contribution in [0.4, 0.5) is 5.00 Å². The summed E-state index contributed by atoms with van der Waals surface area (Å²) in [6, 6.07) is 4.43. The van der Waals surface area contributed by atoms with E-state index in [1.165, 1.54) is 21.9 Å². The molecule has 2 amide bonds. The fourth-order valence-electron chi connectivity index (χ4n) is 4.27. The number of likely N-dealkylation sites (tertiary alicyclic amines) is 1. The van der Waals surface area contributed by atoms with Crippen molar-refractivity contribution in [1.29, 1.82) is 0 Å². The number of rotatable bonds is 5. The standard InChI is InChI=1S/C19H24N4O2S/c1-22-9-3-6-13(22)14-7-4-10-23(14)11-16(24)21-19-17(18(20)25)12-5-2-8-15(12)26-19/h3,6,9,14H,2,4-5,7-8,10-11H2,1H3,(H2,20,25)(H,21,24). The lowest BCUT2D eigenvalue weighted by Gasteiger charge is -2.24. The zero-order chi connectivity index (χ0) is 18.3. The van der Waals surface area contributed by atoms with Gasteiger partial charge in [0.25, 0.3) is 5.91 Å². The molecule has 1 aliphatic carbocycles. The van der Waals surface area contributed by atoms with Crippen molar-refractivity contribution in [2.45, 2.75) is 38.1 Å². The molecule has 3 N–H and O–H groups in total. The van der Waals surface area contributed by atoms with Gasteiger partial charge in [0.2, 0.25) is 5.91 Å². The van der Waals surface area contributed by atoms with Gasteiger partial charge in [0, 0.05) is 23.8 Å². The Balaban J connectivity index is 1.48. The van der Waals surface area contributed by atoms with Crippen LogP contribution in [-0.2, 0) is 24.7 Å². The van der Waals surface area contributed by atoms with Crippen LogP contribution in [0, 0.1) is 0 Å². The second-order valence-corrected chi connectivity index (χ2v) is 8.25. The molecule has 1 atom stereocenters. The number of hydrogen-bond donors (Lipinski definition) is 2. The maximum Gasteiger partial charge on any atom is 0.251 e. The van der Waals surface area contributed by atoms with Crippen LogP contribution < -0.4 is 11.1 Å². The van der Waals surface area contributed by atoms with E-state index in [9.17, 15) is 9.59 Å². The lowest BCUT2D eigenvalue weighted by atomic mass is 10.1. The van der Waals surface area contributed by atoms with Gasteiger partial charge >= 0.3 is 0 Å². The number of primary amides is 1. The summed E-state index contributed by atoms with van der Waals surface area (Å²) in [5, 5.41) is 3.59. The predicted octanol–water partition coefficient (Wildman–Crippen LogP) is 2.45. The van der Waals surface area contributed by atoms with Crippen LogP contribution in [0.2, 0.25) is 0 Å². The number of aryl methyl sites for hydroxylation is 2. The summed E-state index contributed by atoms with van der Waals surface area (Å²) < 4.78 is 2.12. The van der Waals surface area contributed by atoms with Crippen molar-refractivity contribution in [3.05, 3.63) is 40.0 Å². The Morgan fingerprint density at radius 1 is 1.35 bits per heavy atom. The lowest BCUT2D eigenvalue weighted by Crippen LogP contribution is -2.33. The first kappa shape index (κ1) is 17.3. The number of nitrogens with one attached hydrogen (secondary N) is 1. The quantitative estimate of drug-likeness (QED) is 0.846. The molecule has 2 aromatic rings. The molecular weight excluding hydrogens is 348 g/mol. The van der Waals surface area contributed by atoms with Gasteiger partial charge < -0.3 is 15.6 Å². The first-order valence-electron chi connectivity index (χ1n) is 9.14. The minimum Gasteiger partial charge on any atom is -0.365 e. The van der Waals surface area contributed by atoms with E-state index in [2.05, 4.69) is 20.9 Å². The number of nitrogens with zero attached hydrogens (tertiary/aromatic N) is 2. The molecule has 0 spiro atoms. The summed E-state index contributed by atoms with van der Waals surface area (Å²) in [6.07, 6.45) is 7.09. The number of amides is 2. The van der Waals surface area contributed by atoms with Gasteiger partial charge in [-0.2, -0.15) is 0 Å². The highest BCUT2D eigenvalue weighted by Gasteiger charge is 2.30. The van der Waals surface area contributed by atoms with Crippen LogP contribution in [0.3, 0.4) is 0 Å². The molecular formula is C19H24N4O2S. The maximum absolute atomic E-state index is 12.7. The Kier molecular flexibility index (Phi) is 4.58. The van der Waals surface area contributed by atoms with Crippen LogP contribution in [-0.4, -0.2) is 34.4 Å². The summed E-state index contributed by atoms with van der Waals surface area (Å²) in [7, 11) is 2.04. The van der Waals surface area contributed by atoms with E-state index >= 15 is 0 Å². The number of nitrogens with two attached hydrogens (primary N) is 1. The normalized spacial score (nSPS) is 19.7. The van der Waals surface area contributed by atoms with Crippen molar-refractivity contribution in [3.63, 3.8) is 0 Å². The van der Waals surface area contributed by atoms with Gasteiger partial charge in [-0.25, -0.2) is 0 Å². The zero-order valence-corrected chi connectivity index (χ0v) is 15.8. The van der Waals surface area contributed by atoms with E-state index in [1.54, 1.807) is 0 Å². The summed E-state index contributed by atoms with van der Waals surface area (Å²) in [6.45, 7) is 1.24. The Hall–Kier alpha value is -2.12. The molecule has 4 rings (SSSR count). The Morgan fingerprint density at radius 2 is 2.19 bits per heavy atom. The predicted molar refractivity (Wildman–Crippen MR) is 102 cm³/mol. The van der Waals surface area contributed by atoms with E-state index < -0.39 is 5.91 Å². The minimum absolute atomic E-state index is 0.0754. The second kappa shape index (κ2) is 6.89. The number of aromatic nitrogens is 1. The Morgan fingerprint density at radius 3 is 2.92 bits per heavy atom. The highest BCUT2D eigenvalue weighted by molar-refractivity contribution is 7.17. The number of carbonyl (C=O) groups excluding carboxylic acids is 2. The van der Waals surface area contributed by atoms with Crippen LogP contribution in [0.1, 0.15) is 51.8 Å². The molecule has 2 aliphatic rings. The number of hydrogen-bond acceptors (Lipinski definition) is 4. The fourth-order valence-corrected chi connectivity index (χ4v) is 5.59. The topological polar surface area (TPSA) is 80.4 Å². The fraction of sp³-hybridized carbons (Fsp3) is 0.474. The molecule has 26 heavy (non-hydrogen) atoms. The first-order valence-corrected chi connectivity index (χ1v) is 9.95. The molecule has 6 nitrogen and oxygen atoms in total. The van der Waals surface area contributed by atoms with Crippen molar-refractivity contribution in [2.24, 2.45) is 12.8 Å². The van der Waals surface area contributed by atoms with Gasteiger partial charge in [-0.15, -0.1) is 11.3 Å². The first-order chi connectivity index (χ1) is 12.5. The Labute approximate surface area is 157 Å². The average molecular weight is 372 g/mol. The van der Waals surface area contributed by atoms with Crippen molar-refractivity contribution < 1.29 is 9.59 Å². The molecule has 0 saturated carbocycles. The van der Waals surface area contributed by atoms with Crippen LogP contribution in [0.5, 0.6) is 0 Å². The van der Waals surface area contributed by atoms with Crippen molar-refractivity contribution in [1.82, 2.24) is 9.47 Å². The largest absolute Gasteiger partial charge is 0.365 e. The number of carbonyl (C=O) groups is 2. The highest BCUT2D eigenvalue weighted by Crippen LogP contribution is 2.39. The minimum atomic E-state index is -0.442. The third-order valence-corrected chi connectivity index (χ3v) is 6.66. The molecule has 1 fully saturated rings.